The lowest BCUT2D eigenvalue weighted by atomic mass is 10.1. The van der Waals surface area contributed by atoms with E-state index in [4.69, 9.17) is 0 Å². The van der Waals surface area contributed by atoms with E-state index in [0.29, 0.717) is 6.42 Å². The third kappa shape index (κ3) is 4.93. The first kappa shape index (κ1) is 12.2. The third-order valence-corrected chi connectivity index (χ3v) is 2.66. The van der Waals surface area contributed by atoms with Crippen molar-refractivity contribution in [3.05, 3.63) is 0 Å². The number of unbranched alkanes of at least 4 members (excludes halogenated alkanes) is 1. The molecule has 0 atom stereocenters. The molecule has 0 radical (unpaired) electrons. The number of hydrazone groups is 1. The summed E-state index contributed by atoms with van der Waals surface area (Å²) in [5.41, 5.74) is 3.76. The van der Waals surface area contributed by atoms with Crippen LogP contribution in [-0.4, -0.2) is 36.7 Å². The molecule has 1 fully saturated rings. The van der Waals surface area contributed by atoms with Crippen molar-refractivity contribution >= 4 is 11.6 Å². The normalized spacial score (nSPS) is 17.6. The van der Waals surface area contributed by atoms with Crippen LogP contribution in [0.2, 0.25) is 0 Å². The number of piperidine rings is 1. The second-order valence-corrected chi connectivity index (χ2v) is 4.12. The molecule has 0 aromatic rings. The molecule has 1 aliphatic rings. The number of hydrogen-bond donors (Lipinski definition) is 1. The Morgan fingerprint density at radius 3 is 2.73 bits per heavy atom. The van der Waals surface area contributed by atoms with Gasteiger partial charge in [0.15, 0.2) is 0 Å². The highest BCUT2D eigenvalue weighted by molar-refractivity contribution is 5.87. The lowest BCUT2D eigenvalue weighted by Gasteiger charge is -2.22. The summed E-state index contributed by atoms with van der Waals surface area (Å²) in [7, 11) is 2.11. The van der Waals surface area contributed by atoms with Gasteiger partial charge in [0.25, 0.3) is 0 Å². The number of carbonyl (C=O) groups excluding carboxylic acids is 1. The summed E-state index contributed by atoms with van der Waals surface area (Å²) < 4.78 is 0. The maximum atomic E-state index is 11.3. The highest BCUT2D eigenvalue weighted by Crippen LogP contribution is 2.04. The number of nitrogens with one attached hydrogen (secondary N) is 1. The number of rotatable bonds is 4. The zero-order valence-corrected chi connectivity index (χ0v) is 9.75. The average Bonchev–Trinajstić information content (AvgIpc) is 2.25. The third-order valence-electron chi connectivity index (χ3n) is 2.66. The Morgan fingerprint density at radius 2 is 2.13 bits per heavy atom. The Balaban J connectivity index is 2.22. The van der Waals surface area contributed by atoms with E-state index < -0.39 is 0 Å². The zero-order chi connectivity index (χ0) is 11.1. The summed E-state index contributed by atoms with van der Waals surface area (Å²) in [4.78, 5) is 13.6. The van der Waals surface area contributed by atoms with E-state index in [1.807, 2.05) is 0 Å². The van der Waals surface area contributed by atoms with E-state index >= 15 is 0 Å². The fourth-order valence-corrected chi connectivity index (χ4v) is 1.52. The van der Waals surface area contributed by atoms with E-state index in [2.05, 4.69) is 29.4 Å². The summed E-state index contributed by atoms with van der Waals surface area (Å²) >= 11 is 0. The van der Waals surface area contributed by atoms with Crippen LogP contribution in [0.25, 0.3) is 0 Å². The maximum absolute atomic E-state index is 11.3. The average molecular weight is 211 g/mol. The van der Waals surface area contributed by atoms with Crippen molar-refractivity contribution in [2.24, 2.45) is 5.10 Å². The van der Waals surface area contributed by atoms with Crippen molar-refractivity contribution in [1.29, 1.82) is 0 Å². The predicted octanol–water partition coefficient (Wildman–Crippen LogP) is 1.37. The van der Waals surface area contributed by atoms with Gasteiger partial charge in [-0.1, -0.05) is 13.3 Å². The molecule has 0 aliphatic carbocycles. The molecule has 0 saturated carbocycles. The van der Waals surface area contributed by atoms with Crippen molar-refractivity contribution in [2.45, 2.75) is 39.0 Å². The smallest absolute Gasteiger partial charge is 0.240 e. The highest BCUT2D eigenvalue weighted by atomic mass is 16.2. The van der Waals surface area contributed by atoms with Gasteiger partial charge in [-0.25, -0.2) is 5.43 Å². The van der Waals surface area contributed by atoms with Gasteiger partial charge in [-0.15, -0.1) is 0 Å². The van der Waals surface area contributed by atoms with Gasteiger partial charge in [0.2, 0.25) is 5.91 Å². The van der Waals surface area contributed by atoms with E-state index in [1.165, 1.54) is 0 Å². The molecule has 1 N–H and O–H groups in total. The molecule has 0 aromatic heterocycles. The molecule has 0 bridgehead atoms. The van der Waals surface area contributed by atoms with Gasteiger partial charge in [0.05, 0.1) is 0 Å². The SMILES string of the molecule is CCCCC(=O)NN=C1CCN(C)CC1. The lowest BCUT2D eigenvalue weighted by molar-refractivity contribution is -0.121. The Labute approximate surface area is 91.7 Å². The van der Waals surface area contributed by atoms with Crippen LogP contribution in [0.3, 0.4) is 0 Å². The molecular weight excluding hydrogens is 190 g/mol. The molecule has 1 saturated heterocycles. The molecule has 1 aliphatic heterocycles. The summed E-state index contributed by atoms with van der Waals surface area (Å²) in [5.74, 6) is 0.0447. The summed E-state index contributed by atoms with van der Waals surface area (Å²) in [5, 5.41) is 4.16. The molecule has 0 spiro atoms. The van der Waals surface area contributed by atoms with Gasteiger partial charge < -0.3 is 4.90 Å². The van der Waals surface area contributed by atoms with Gasteiger partial charge >= 0.3 is 0 Å². The van der Waals surface area contributed by atoms with Crippen LogP contribution >= 0.6 is 0 Å². The number of likely N-dealkylation sites (tertiary alicyclic amines) is 1. The van der Waals surface area contributed by atoms with Crippen molar-refractivity contribution in [2.75, 3.05) is 20.1 Å². The first-order valence-corrected chi connectivity index (χ1v) is 5.75. The lowest BCUT2D eigenvalue weighted by Crippen LogP contribution is -2.31. The fourth-order valence-electron chi connectivity index (χ4n) is 1.52. The van der Waals surface area contributed by atoms with Crippen molar-refractivity contribution in [1.82, 2.24) is 10.3 Å². The zero-order valence-electron chi connectivity index (χ0n) is 9.75. The molecule has 1 amide bonds. The Hall–Kier alpha value is -0.900. The predicted molar refractivity (Wildman–Crippen MR) is 61.8 cm³/mol. The molecule has 0 unspecified atom stereocenters. The number of nitrogens with zero attached hydrogens (tertiary/aromatic N) is 2. The van der Waals surface area contributed by atoms with Gasteiger partial charge in [-0.3, -0.25) is 4.79 Å². The van der Waals surface area contributed by atoms with Gasteiger partial charge in [-0.05, 0) is 13.5 Å². The molecule has 15 heavy (non-hydrogen) atoms. The molecule has 86 valence electrons. The summed E-state index contributed by atoms with van der Waals surface area (Å²) in [6, 6.07) is 0. The Morgan fingerprint density at radius 1 is 1.47 bits per heavy atom. The van der Waals surface area contributed by atoms with Crippen LogP contribution in [0, 0.1) is 0 Å². The van der Waals surface area contributed by atoms with E-state index in [9.17, 15) is 4.79 Å². The Bertz CT molecular complexity index is 228. The topological polar surface area (TPSA) is 44.7 Å². The number of amides is 1. The van der Waals surface area contributed by atoms with E-state index in [1.54, 1.807) is 0 Å². The van der Waals surface area contributed by atoms with Gasteiger partial charge in [-0.2, -0.15) is 5.10 Å². The first-order chi connectivity index (χ1) is 7.22. The van der Waals surface area contributed by atoms with Crippen LogP contribution in [0.15, 0.2) is 5.10 Å². The monoisotopic (exact) mass is 211 g/mol. The van der Waals surface area contributed by atoms with E-state index in [-0.39, 0.29) is 5.91 Å². The van der Waals surface area contributed by atoms with Crippen LogP contribution in [0.1, 0.15) is 39.0 Å². The van der Waals surface area contributed by atoms with Crippen LogP contribution in [-0.2, 0) is 4.79 Å². The van der Waals surface area contributed by atoms with E-state index in [0.717, 1.165) is 44.5 Å². The van der Waals surface area contributed by atoms with Crippen LogP contribution < -0.4 is 5.43 Å². The molecular formula is C11H21N3O. The second-order valence-electron chi connectivity index (χ2n) is 4.12. The largest absolute Gasteiger partial charge is 0.306 e. The van der Waals surface area contributed by atoms with Crippen LogP contribution in [0.4, 0.5) is 0 Å². The Kier molecular flexibility index (Phi) is 5.32. The second kappa shape index (κ2) is 6.56. The minimum atomic E-state index is 0.0447. The first-order valence-electron chi connectivity index (χ1n) is 5.75. The molecule has 4 nitrogen and oxygen atoms in total. The minimum absolute atomic E-state index is 0.0447. The highest BCUT2D eigenvalue weighted by Gasteiger charge is 2.11. The maximum Gasteiger partial charge on any atom is 0.240 e. The molecule has 1 heterocycles. The summed E-state index contributed by atoms with van der Waals surface area (Å²) in [6.45, 7) is 4.17. The molecule has 0 aromatic carbocycles. The summed E-state index contributed by atoms with van der Waals surface area (Å²) in [6.07, 6.45) is 4.54. The van der Waals surface area contributed by atoms with Crippen LogP contribution in [0.5, 0.6) is 0 Å². The number of carbonyl (C=O) groups is 1. The fraction of sp³-hybridized carbons (Fsp3) is 0.818. The molecule has 1 rings (SSSR count). The molecule has 4 heteroatoms. The van der Waals surface area contributed by atoms with Crippen molar-refractivity contribution in [3.8, 4) is 0 Å². The standard InChI is InChI=1S/C11H21N3O/c1-3-4-5-11(15)13-12-10-6-8-14(2)9-7-10/h3-9H2,1-2H3,(H,13,15). The van der Waals surface area contributed by atoms with Gasteiger partial charge in [0.1, 0.15) is 0 Å². The quantitative estimate of drug-likeness (QED) is 0.714. The number of hydrogen-bond acceptors (Lipinski definition) is 3. The van der Waals surface area contributed by atoms with Crippen molar-refractivity contribution < 1.29 is 4.79 Å². The minimum Gasteiger partial charge on any atom is -0.306 e. The van der Waals surface area contributed by atoms with Crippen molar-refractivity contribution in [3.63, 3.8) is 0 Å². The van der Waals surface area contributed by atoms with Gasteiger partial charge in [0, 0.05) is 38.1 Å².